The number of anilines is 1. The first-order chi connectivity index (χ1) is 16.2. The predicted octanol–water partition coefficient (Wildman–Crippen LogP) is 5.37. The van der Waals surface area contributed by atoms with Crippen molar-refractivity contribution in [1.82, 2.24) is 5.32 Å². The molecule has 1 atom stereocenters. The lowest BCUT2D eigenvalue weighted by Gasteiger charge is -2.25. The number of nitrogens with one attached hydrogen (secondary N) is 1. The van der Waals surface area contributed by atoms with Crippen LogP contribution in [0.4, 0.5) is 5.69 Å². The number of carbonyl (C=O) groups is 1. The monoisotopic (exact) mass is 500 g/mol. The summed E-state index contributed by atoms with van der Waals surface area (Å²) in [6.07, 6.45) is 0.931. The summed E-state index contributed by atoms with van der Waals surface area (Å²) in [5.41, 5.74) is 2.50. The van der Waals surface area contributed by atoms with Crippen LogP contribution in [0.15, 0.2) is 77.7 Å². The third kappa shape index (κ3) is 6.30. The van der Waals surface area contributed by atoms with Gasteiger partial charge in [0.05, 0.1) is 23.2 Å². The molecule has 0 heterocycles. The summed E-state index contributed by atoms with van der Waals surface area (Å²) >= 11 is 5.94. The quantitative estimate of drug-likeness (QED) is 0.406. The van der Waals surface area contributed by atoms with Gasteiger partial charge in [0, 0.05) is 5.02 Å². The van der Waals surface area contributed by atoms with E-state index in [9.17, 15) is 13.2 Å². The fraction of sp³-hybridized carbons (Fsp3) is 0.269. The molecule has 0 saturated heterocycles. The number of carbonyl (C=O) groups excluding carboxylic acids is 1. The summed E-state index contributed by atoms with van der Waals surface area (Å²) in [4.78, 5) is 13.0. The van der Waals surface area contributed by atoms with Crippen molar-refractivity contribution in [2.75, 3.05) is 17.5 Å². The van der Waals surface area contributed by atoms with Crippen LogP contribution in [0.3, 0.4) is 0 Å². The zero-order chi connectivity index (χ0) is 24.7. The fourth-order valence-electron chi connectivity index (χ4n) is 3.47. The maximum atomic E-state index is 13.5. The lowest BCUT2D eigenvalue weighted by molar-refractivity contribution is -0.120. The topological polar surface area (TPSA) is 75.7 Å². The number of halogens is 1. The van der Waals surface area contributed by atoms with Crippen molar-refractivity contribution in [2.45, 2.75) is 38.1 Å². The number of hydrogen-bond donors (Lipinski definition) is 1. The minimum Gasteiger partial charge on any atom is -0.494 e. The number of ether oxygens (including phenoxy) is 1. The largest absolute Gasteiger partial charge is 0.494 e. The standard InChI is InChI=1S/C26H29ClN2O4S/c1-4-20-6-8-21(9-7-20)19(3)28-26(30)18-29(23-12-14-24(15-13-23)33-5-2)34(31,32)25-16-10-22(27)11-17-25/h6-17,19H,4-5,18H2,1-3H3,(H,28,30)/t19-/m1/s1. The van der Waals surface area contributed by atoms with Crippen molar-refractivity contribution >= 4 is 33.2 Å². The third-order valence-corrected chi connectivity index (χ3v) is 7.43. The highest BCUT2D eigenvalue weighted by molar-refractivity contribution is 7.92. The molecular formula is C26H29ClN2O4S. The Morgan fingerprint density at radius 1 is 0.971 bits per heavy atom. The summed E-state index contributed by atoms with van der Waals surface area (Å²) in [7, 11) is -4.03. The second kappa shape index (κ2) is 11.4. The molecule has 8 heteroatoms. The van der Waals surface area contributed by atoms with E-state index in [2.05, 4.69) is 12.2 Å². The molecule has 3 aromatic carbocycles. The van der Waals surface area contributed by atoms with Crippen molar-refractivity contribution in [1.29, 1.82) is 0 Å². The first-order valence-corrected chi connectivity index (χ1v) is 13.0. The summed E-state index contributed by atoms with van der Waals surface area (Å²) in [6, 6.07) is 20.2. The highest BCUT2D eigenvalue weighted by Gasteiger charge is 2.28. The van der Waals surface area contributed by atoms with E-state index < -0.39 is 15.9 Å². The van der Waals surface area contributed by atoms with E-state index in [1.54, 1.807) is 24.3 Å². The van der Waals surface area contributed by atoms with E-state index in [4.69, 9.17) is 16.3 Å². The van der Waals surface area contributed by atoms with Gasteiger partial charge < -0.3 is 10.1 Å². The van der Waals surface area contributed by atoms with Gasteiger partial charge in [0.15, 0.2) is 0 Å². The molecule has 0 aliphatic carbocycles. The van der Waals surface area contributed by atoms with Gasteiger partial charge in [-0.1, -0.05) is 42.8 Å². The Morgan fingerprint density at radius 2 is 1.59 bits per heavy atom. The third-order valence-electron chi connectivity index (χ3n) is 5.39. The van der Waals surface area contributed by atoms with Crippen molar-refractivity contribution in [3.8, 4) is 5.75 Å². The minimum absolute atomic E-state index is 0.0433. The van der Waals surface area contributed by atoms with Gasteiger partial charge >= 0.3 is 0 Å². The van der Waals surface area contributed by atoms with Crippen molar-refractivity contribution < 1.29 is 17.9 Å². The lowest BCUT2D eigenvalue weighted by Crippen LogP contribution is -2.41. The van der Waals surface area contributed by atoms with Crippen LogP contribution < -0.4 is 14.4 Å². The van der Waals surface area contributed by atoms with Crippen LogP contribution in [-0.2, 0) is 21.2 Å². The van der Waals surface area contributed by atoms with Crippen molar-refractivity contribution in [2.24, 2.45) is 0 Å². The number of aryl methyl sites for hydroxylation is 1. The molecule has 0 spiro atoms. The second-order valence-electron chi connectivity index (χ2n) is 7.78. The van der Waals surface area contributed by atoms with Gasteiger partial charge in [-0.25, -0.2) is 8.42 Å². The summed E-state index contributed by atoms with van der Waals surface area (Å²) < 4.78 is 33.5. The molecule has 0 bridgehead atoms. The van der Waals surface area contributed by atoms with Gasteiger partial charge in [-0.3, -0.25) is 9.10 Å². The number of benzene rings is 3. The first kappa shape index (κ1) is 25.6. The number of amides is 1. The summed E-state index contributed by atoms with van der Waals surface area (Å²) in [5.74, 6) is 0.196. The molecule has 0 saturated carbocycles. The Hall–Kier alpha value is -3.03. The molecule has 1 amide bonds. The number of nitrogens with zero attached hydrogens (tertiary/aromatic N) is 1. The van der Waals surface area contributed by atoms with Crippen LogP contribution >= 0.6 is 11.6 Å². The SMILES string of the molecule is CCOc1ccc(N(CC(=O)N[C@H](C)c2ccc(CC)cc2)S(=O)(=O)c2ccc(Cl)cc2)cc1. The Kier molecular flexibility index (Phi) is 8.58. The second-order valence-corrected chi connectivity index (χ2v) is 10.1. The number of hydrogen-bond acceptors (Lipinski definition) is 4. The average Bonchev–Trinajstić information content (AvgIpc) is 2.83. The van der Waals surface area contributed by atoms with Gasteiger partial charge in [0.1, 0.15) is 12.3 Å². The minimum atomic E-state index is -4.03. The molecule has 6 nitrogen and oxygen atoms in total. The summed E-state index contributed by atoms with van der Waals surface area (Å²) in [6.45, 7) is 5.93. The molecule has 0 fully saturated rings. The molecule has 0 aliphatic rings. The Morgan fingerprint density at radius 3 is 2.15 bits per heavy atom. The zero-order valence-corrected chi connectivity index (χ0v) is 21.1. The van der Waals surface area contributed by atoms with E-state index in [0.717, 1.165) is 16.3 Å². The van der Waals surface area contributed by atoms with Gasteiger partial charge in [-0.2, -0.15) is 0 Å². The fourth-order valence-corrected chi connectivity index (χ4v) is 5.01. The van der Waals surface area contributed by atoms with E-state index >= 15 is 0 Å². The zero-order valence-electron chi connectivity index (χ0n) is 19.5. The molecule has 0 aromatic heterocycles. The van der Waals surface area contributed by atoms with Crippen LogP contribution in [0, 0.1) is 0 Å². The maximum Gasteiger partial charge on any atom is 0.264 e. The highest BCUT2D eigenvalue weighted by atomic mass is 35.5. The van der Waals surface area contributed by atoms with Crippen LogP contribution in [0.1, 0.15) is 37.9 Å². The Labute approximate surface area is 206 Å². The van der Waals surface area contributed by atoms with E-state index in [1.165, 1.54) is 29.8 Å². The molecule has 180 valence electrons. The van der Waals surface area contributed by atoms with Crippen LogP contribution in [0.5, 0.6) is 5.75 Å². The molecule has 3 rings (SSSR count). The molecule has 3 aromatic rings. The van der Waals surface area contributed by atoms with Crippen LogP contribution in [0.25, 0.3) is 0 Å². The van der Waals surface area contributed by atoms with Gasteiger partial charge in [0.2, 0.25) is 5.91 Å². The summed E-state index contributed by atoms with van der Waals surface area (Å²) in [5, 5.41) is 3.33. The molecule has 1 N–H and O–H groups in total. The van der Waals surface area contributed by atoms with Gasteiger partial charge in [-0.05, 0) is 79.9 Å². The lowest BCUT2D eigenvalue weighted by atomic mass is 10.1. The average molecular weight is 501 g/mol. The van der Waals surface area contributed by atoms with Crippen LogP contribution in [0.2, 0.25) is 5.02 Å². The van der Waals surface area contributed by atoms with Gasteiger partial charge in [-0.15, -0.1) is 0 Å². The van der Waals surface area contributed by atoms with Gasteiger partial charge in [0.25, 0.3) is 10.0 Å². The smallest absolute Gasteiger partial charge is 0.264 e. The highest BCUT2D eigenvalue weighted by Crippen LogP contribution is 2.27. The maximum absolute atomic E-state index is 13.5. The first-order valence-electron chi connectivity index (χ1n) is 11.1. The number of sulfonamides is 1. The molecule has 0 aliphatic heterocycles. The predicted molar refractivity (Wildman–Crippen MR) is 136 cm³/mol. The Bertz CT molecular complexity index is 1200. The van der Waals surface area contributed by atoms with Crippen molar-refractivity contribution in [3.63, 3.8) is 0 Å². The van der Waals surface area contributed by atoms with Crippen LogP contribution in [-0.4, -0.2) is 27.5 Å². The Balaban J connectivity index is 1.86. The molecule has 34 heavy (non-hydrogen) atoms. The van der Waals surface area contributed by atoms with E-state index in [1.807, 2.05) is 38.1 Å². The number of rotatable bonds is 10. The van der Waals surface area contributed by atoms with E-state index in [-0.39, 0.29) is 17.5 Å². The molecule has 0 radical (unpaired) electrons. The normalized spacial score (nSPS) is 12.1. The molecular weight excluding hydrogens is 472 g/mol. The van der Waals surface area contributed by atoms with E-state index in [0.29, 0.717) is 23.1 Å². The molecule has 0 unspecified atom stereocenters. The van der Waals surface area contributed by atoms with Crippen molar-refractivity contribution in [3.05, 3.63) is 88.9 Å².